The first kappa shape index (κ1) is 27.8. The fraction of sp³-hybridized carbons (Fsp3) is 0.357. The molecule has 1 aromatic carbocycles. The number of amides is 1. The molecule has 2 saturated heterocycles. The van der Waals surface area contributed by atoms with Gasteiger partial charge in [0.15, 0.2) is 0 Å². The maximum Gasteiger partial charge on any atom is 0.243 e. The molecule has 2 aliphatic heterocycles. The van der Waals surface area contributed by atoms with Crippen LogP contribution < -0.4 is 25.0 Å². The molecule has 0 radical (unpaired) electrons. The van der Waals surface area contributed by atoms with E-state index < -0.39 is 0 Å². The van der Waals surface area contributed by atoms with Gasteiger partial charge in [0.05, 0.1) is 67.2 Å². The van der Waals surface area contributed by atoms with Crippen molar-refractivity contribution in [2.75, 3.05) is 50.7 Å². The van der Waals surface area contributed by atoms with E-state index in [1.54, 1.807) is 12.3 Å². The van der Waals surface area contributed by atoms with Crippen LogP contribution in [-0.4, -0.2) is 68.5 Å². The second kappa shape index (κ2) is 11.8. The molecule has 3 aromatic rings. The zero-order valence-corrected chi connectivity index (χ0v) is 23.6. The molecule has 2 aliphatic rings. The van der Waals surface area contributed by atoms with Crippen molar-refractivity contribution < 1.29 is 19.0 Å². The quantitative estimate of drug-likeness (QED) is 0.371. The normalized spacial score (nSPS) is 20.3. The minimum absolute atomic E-state index is 0.103. The third kappa shape index (κ3) is 5.32. The lowest BCUT2D eigenvalue weighted by Crippen LogP contribution is -2.45. The molecule has 0 bridgehead atoms. The Morgan fingerprint density at radius 2 is 1.93 bits per heavy atom. The molecule has 10 nitrogen and oxygen atoms in total. The summed E-state index contributed by atoms with van der Waals surface area (Å²) in [4.78, 5) is 23.6. The van der Waals surface area contributed by atoms with Gasteiger partial charge in [0, 0.05) is 41.7 Å². The minimum Gasteiger partial charge on any atom is -0.495 e. The molecule has 0 aliphatic carbocycles. The Bertz CT molecular complexity index is 1480. The van der Waals surface area contributed by atoms with Gasteiger partial charge in [-0.25, -0.2) is 9.97 Å². The number of hydrogen-bond acceptors (Lipinski definition) is 9. The number of rotatable bonds is 8. The Balaban J connectivity index is 1.60. The molecule has 0 saturated carbocycles. The lowest BCUT2D eigenvalue weighted by Gasteiger charge is -2.23. The standard InChI is InChI=1S/C28H28Cl2N6O4/c1-4-24(37)34-20-14-40-13-19(20)33-23-8-17-16(11-32-23)7-18(35-28(17)36-6-5-15(10-31)12-36)25-26(29)21(38-2)9-22(39-3)27(25)30/h4,7-9,11,15,19-20H,1,5-6,12-14H2,2-3H3,(H,32,33)(H,34,37)/t15?,19-,20+/m1/s1. The summed E-state index contributed by atoms with van der Waals surface area (Å²) in [7, 11) is 3.04. The molecule has 1 unspecified atom stereocenters. The topological polar surface area (TPSA) is 122 Å². The Hall–Kier alpha value is -3.78. The smallest absolute Gasteiger partial charge is 0.243 e. The Labute approximate surface area is 241 Å². The van der Waals surface area contributed by atoms with Crippen LogP contribution in [0.3, 0.4) is 0 Å². The fourth-order valence-corrected chi connectivity index (χ4v) is 5.71. The number of fused-ring (bicyclic) bond motifs is 1. The number of methoxy groups -OCH3 is 2. The highest BCUT2D eigenvalue weighted by molar-refractivity contribution is 6.41. The second-order valence-corrected chi connectivity index (χ2v) is 10.3. The number of halogens is 2. The van der Waals surface area contributed by atoms with E-state index >= 15 is 0 Å². The second-order valence-electron chi connectivity index (χ2n) is 9.57. The molecule has 0 spiro atoms. The molecule has 12 heteroatoms. The molecule has 40 heavy (non-hydrogen) atoms. The average molecular weight is 583 g/mol. The minimum atomic E-state index is -0.264. The molecule has 2 aromatic heterocycles. The maximum atomic E-state index is 11.9. The summed E-state index contributed by atoms with van der Waals surface area (Å²) in [5, 5.41) is 18.1. The summed E-state index contributed by atoms with van der Waals surface area (Å²) < 4.78 is 16.5. The van der Waals surface area contributed by atoms with Gasteiger partial charge in [-0.15, -0.1) is 0 Å². The zero-order valence-electron chi connectivity index (χ0n) is 22.0. The largest absolute Gasteiger partial charge is 0.495 e. The summed E-state index contributed by atoms with van der Waals surface area (Å²) in [6.07, 6.45) is 3.72. The van der Waals surface area contributed by atoms with E-state index in [0.29, 0.717) is 70.7 Å². The monoisotopic (exact) mass is 582 g/mol. The van der Waals surface area contributed by atoms with E-state index in [4.69, 9.17) is 42.4 Å². The number of nitriles is 1. The van der Waals surface area contributed by atoms with Crippen LogP contribution in [0.2, 0.25) is 10.0 Å². The van der Waals surface area contributed by atoms with Crippen LogP contribution in [0.4, 0.5) is 11.6 Å². The summed E-state index contributed by atoms with van der Waals surface area (Å²) in [6, 6.07) is 7.37. The highest BCUT2D eigenvalue weighted by Gasteiger charge is 2.30. The maximum absolute atomic E-state index is 11.9. The third-order valence-electron chi connectivity index (χ3n) is 7.12. The van der Waals surface area contributed by atoms with Crippen molar-refractivity contribution in [1.29, 1.82) is 5.26 Å². The van der Waals surface area contributed by atoms with Crippen molar-refractivity contribution in [1.82, 2.24) is 15.3 Å². The van der Waals surface area contributed by atoms with Gasteiger partial charge < -0.3 is 29.7 Å². The van der Waals surface area contributed by atoms with E-state index in [9.17, 15) is 10.1 Å². The van der Waals surface area contributed by atoms with Crippen molar-refractivity contribution >= 4 is 51.5 Å². The number of carbonyl (C=O) groups is 1. The number of pyridine rings is 2. The van der Waals surface area contributed by atoms with Crippen LogP contribution >= 0.6 is 23.2 Å². The zero-order chi connectivity index (χ0) is 28.4. The number of anilines is 2. The predicted octanol–water partition coefficient (Wildman–Crippen LogP) is 4.45. The van der Waals surface area contributed by atoms with Crippen LogP contribution in [-0.2, 0) is 9.53 Å². The molecule has 1 amide bonds. The highest BCUT2D eigenvalue weighted by atomic mass is 35.5. The van der Waals surface area contributed by atoms with Gasteiger partial charge in [-0.3, -0.25) is 4.79 Å². The van der Waals surface area contributed by atoms with Gasteiger partial charge >= 0.3 is 0 Å². The van der Waals surface area contributed by atoms with Crippen molar-refractivity contribution in [3.8, 4) is 28.8 Å². The van der Waals surface area contributed by atoms with E-state index in [2.05, 4.69) is 33.2 Å². The first-order valence-electron chi connectivity index (χ1n) is 12.7. The lowest BCUT2D eigenvalue weighted by molar-refractivity contribution is -0.117. The van der Waals surface area contributed by atoms with Crippen molar-refractivity contribution in [2.24, 2.45) is 5.92 Å². The van der Waals surface area contributed by atoms with Gasteiger partial charge in [0.1, 0.15) is 23.1 Å². The van der Waals surface area contributed by atoms with Gasteiger partial charge in [-0.05, 0) is 24.6 Å². The number of aromatic nitrogens is 2. The van der Waals surface area contributed by atoms with Crippen molar-refractivity contribution in [3.63, 3.8) is 0 Å². The van der Waals surface area contributed by atoms with Gasteiger partial charge in [-0.2, -0.15) is 5.26 Å². The third-order valence-corrected chi connectivity index (χ3v) is 7.87. The van der Waals surface area contributed by atoms with E-state index in [-0.39, 0.29) is 23.9 Å². The molecule has 3 atom stereocenters. The number of ether oxygens (including phenoxy) is 3. The van der Waals surface area contributed by atoms with Gasteiger partial charge in [-0.1, -0.05) is 29.8 Å². The summed E-state index contributed by atoms with van der Waals surface area (Å²) in [6.45, 7) is 5.53. The average Bonchev–Trinajstić information content (AvgIpc) is 3.62. The SMILES string of the molecule is C=CC(=O)N[C@H]1COC[C@H]1Nc1cc2c(N3CCC(C#N)C3)nc(-c3c(Cl)c(OC)cc(OC)c3Cl)cc2cn1. The summed E-state index contributed by atoms with van der Waals surface area (Å²) >= 11 is 13.5. The molecule has 2 N–H and O–H groups in total. The lowest BCUT2D eigenvalue weighted by atomic mass is 10.1. The van der Waals surface area contributed by atoms with Gasteiger partial charge in [0.25, 0.3) is 0 Å². The molecule has 5 rings (SSSR count). The fourth-order valence-electron chi connectivity index (χ4n) is 5.02. The molecule has 4 heterocycles. The predicted molar refractivity (Wildman–Crippen MR) is 154 cm³/mol. The highest BCUT2D eigenvalue weighted by Crippen LogP contribution is 2.46. The van der Waals surface area contributed by atoms with Gasteiger partial charge in [0.2, 0.25) is 5.91 Å². The molecular weight excluding hydrogens is 555 g/mol. The van der Waals surface area contributed by atoms with Crippen LogP contribution in [0, 0.1) is 17.2 Å². The van der Waals surface area contributed by atoms with Crippen LogP contribution in [0.5, 0.6) is 11.5 Å². The van der Waals surface area contributed by atoms with E-state index in [1.807, 2.05) is 12.1 Å². The van der Waals surface area contributed by atoms with Crippen molar-refractivity contribution in [3.05, 3.63) is 47.1 Å². The number of carbonyl (C=O) groups excluding carboxylic acids is 1. The van der Waals surface area contributed by atoms with Crippen LogP contribution in [0.15, 0.2) is 37.1 Å². The Morgan fingerprint density at radius 1 is 1.20 bits per heavy atom. The van der Waals surface area contributed by atoms with E-state index in [1.165, 1.54) is 20.3 Å². The summed E-state index contributed by atoms with van der Waals surface area (Å²) in [5.74, 6) is 1.73. The number of hydrogen-bond donors (Lipinski definition) is 2. The Kier molecular flexibility index (Phi) is 8.17. The molecule has 208 valence electrons. The first-order valence-corrected chi connectivity index (χ1v) is 13.4. The van der Waals surface area contributed by atoms with E-state index in [0.717, 1.165) is 17.2 Å². The number of nitrogens with zero attached hydrogens (tertiary/aromatic N) is 4. The summed E-state index contributed by atoms with van der Waals surface area (Å²) in [5.41, 5.74) is 0.999. The van der Waals surface area contributed by atoms with Crippen molar-refractivity contribution in [2.45, 2.75) is 18.5 Å². The molecule has 2 fully saturated rings. The molecular formula is C28H28Cl2N6O4. The first-order chi connectivity index (χ1) is 19.4. The van der Waals surface area contributed by atoms with Crippen LogP contribution in [0.1, 0.15) is 6.42 Å². The Morgan fingerprint density at radius 3 is 2.58 bits per heavy atom. The van der Waals surface area contributed by atoms with Crippen LogP contribution in [0.25, 0.3) is 22.0 Å². The number of benzene rings is 1. The number of nitrogens with one attached hydrogen (secondary N) is 2.